The van der Waals surface area contributed by atoms with Crippen LogP contribution in [0.2, 0.25) is 0 Å². The second-order valence-electron chi connectivity index (χ2n) is 3.78. The SMILES string of the molecule is Cc1ccc(C2N(C)CCN2C)o1. The van der Waals surface area contributed by atoms with Crippen molar-refractivity contribution in [3.8, 4) is 0 Å². The minimum atomic E-state index is 0.327. The predicted octanol–water partition coefficient (Wildman–Crippen LogP) is 1.46. The Kier molecular flexibility index (Phi) is 2.14. The van der Waals surface area contributed by atoms with E-state index in [1.54, 1.807) is 0 Å². The van der Waals surface area contributed by atoms with Gasteiger partial charge in [-0.1, -0.05) is 0 Å². The van der Waals surface area contributed by atoms with E-state index in [1.165, 1.54) is 0 Å². The molecule has 0 spiro atoms. The maximum Gasteiger partial charge on any atom is 0.136 e. The summed E-state index contributed by atoms with van der Waals surface area (Å²) < 4.78 is 5.62. The summed E-state index contributed by atoms with van der Waals surface area (Å²) in [7, 11) is 4.26. The number of nitrogens with zero attached hydrogens (tertiary/aromatic N) is 2. The molecule has 1 fully saturated rings. The highest BCUT2D eigenvalue weighted by Gasteiger charge is 2.29. The van der Waals surface area contributed by atoms with Crippen molar-refractivity contribution in [2.45, 2.75) is 13.1 Å². The molecule has 0 radical (unpaired) electrons. The van der Waals surface area contributed by atoms with Crippen molar-refractivity contribution in [1.82, 2.24) is 9.80 Å². The molecule has 2 heterocycles. The van der Waals surface area contributed by atoms with Gasteiger partial charge in [-0.15, -0.1) is 0 Å². The maximum atomic E-state index is 5.62. The highest BCUT2D eigenvalue weighted by Crippen LogP contribution is 2.27. The lowest BCUT2D eigenvalue weighted by Gasteiger charge is -2.22. The average Bonchev–Trinajstić information content (AvgIpc) is 2.60. The lowest BCUT2D eigenvalue weighted by molar-refractivity contribution is 0.159. The molecule has 0 saturated carbocycles. The molecule has 1 aliphatic heterocycles. The van der Waals surface area contributed by atoms with E-state index in [4.69, 9.17) is 4.42 Å². The molecule has 1 aliphatic rings. The Labute approximate surface area is 78.9 Å². The number of likely N-dealkylation sites (N-methyl/N-ethyl adjacent to an activating group) is 2. The Morgan fingerprint density at radius 3 is 2.31 bits per heavy atom. The maximum absolute atomic E-state index is 5.62. The molecular formula is C10H16N2O. The Balaban J connectivity index is 2.24. The third kappa shape index (κ3) is 1.49. The van der Waals surface area contributed by atoms with Gasteiger partial charge < -0.3 is 4.42 Å². The van der Waals surface area contributed by atoms with Crippen LogP contribution >= 0.6 is 0 Å². The molecule has 3 heteroatoms. The molecule has 0 aromatic carbocycles. The Morgan fingerprint density at radius 1 is 1.23 bits per heavy atom. The number of hydrogen-bond acceptors (Lipinski definition) is 3. The van der Waals surface area contributed by atoms with Crippen molar-refractivity contribution in [2.75, 3.05) is 27.2 Å². The summed E-state index contributed by atoms with van der Waals surface area (Å²) in [5.74, 6) is 2.05. The monoisotopic (exact) mass is 180 g/mol. The van der Waals surface area contributed by atoms with Crippen LogP contribution in [-0.4, -0.2) is 37.0 Å². The summed E-state index contributed by atoms with van der Waals surface area (Å²) in [5.41, 5.74) is 0. The van der Waals surface area contributed by atoms with E-state index in [9.17, 15) is 0 Å². The summed E-state index contributed by atoms with van der Waals surface area (Å²) in [6.07, 6.45) is 0.327. The molecule has 0 N–H and O–H groups in total. The first-order chi connectivity index (χ1) is 6.18. The van der Waals surface area contributed by atoms with Crippen molar-refractivity contribution in [3.05, 3.63) is 23.7 Å². The molecule has 72 valence electrons. The van der Waals surface area contributed by atoms with Gasteiger partial charge in [0, 0.05) is 13.1 Å². The average molecular weight is 180 g/mol. The quantitative estimate of drug-likeness (QED) is 0.652. The fraction of sp³-hybridized carbons (Fsp3) is 0.600. The third-order valence-electron chi connectivity index (χ3n) is 2.66. The summed E-state index contributed by atoms with van der Waals surface area (Å²) in [6, 6.07) is 4.09. The number of hydrogen-bond donors (Lipinski definition) is 0. The first-order valence-corrected chi connectivity index (χ1v) is 4.65. The van der Waals surface area contributed by atoms with Gasteiger partial charge in [-0.05, 0) is 33.2 Å². The Morgan fingerprint density at radius 2 is 1.85 bits per heavy atom. The molecule has 2 rings (SSSR count). The number of furan rings is 1. The normalized spacial score (nSPS) is 21.5. The van der Waals surface area contributed by atoms with Crippen LogP contribution in [0.3, 0.4) is 0 Å². The molecule has 3 nitrogen and oxygen atoms in total. The van der Waals surface area contributed by atoms with E-state index in [1.807, 2.05) is 13.0 Å². The molecule has 1 saturated heterocycles. The largest absolute Gasteiger partial charge is 0.463 e. The summed E-state index contributed by atoms with van der Waals surface area (Å²) in [5, 5.41) is 0. The van der Waals surface area contributed by atoms with Gasteiger partial charge in [0.1, 0.15) is 17.7 Å². The zero-order valence-corrected chi connectivity index (χ0v) is 8.45. The molecular weight excluding hydrogens is 164 g/mol. The second kappa shape index (κ2) is 3.16. The van der Waals surface area contributed by atoms with Crippen LogP contribution in [0.25, 0.3) is 0 Å². The van der Waals surface area contributed by atoms with Crippen molar-refractivity contribution in [2.24, 2.45) is 0 Å². The molecule has 0 unspecified atom stereocenters. The smallest absolute Gasteiger partial charge is 0.136 e. The first-order valence-electron chi connectivity index (χ1n) is 4.65. The zero-order chi connectivity index (χ0) is 9.42. The van der Waals surface area contributed by atoms with Gasteiger partial charge in [0.15, 0.2) is 0 Å². The lowest BCUT2D eigenvalue weighted by atomic mass is 10.3. The van der Waals surface area contributed by atoms with Crippen LogP contribution in [0.5, 0.6) is 0 Å². The summed E-state index contributed by atoms with van der Waals surface area (Å²) >= 11 is 0. The van der Waals surface area contributed by atoms with Gasteiger partial charge in [-0.25, -0.2) is 0 Å². The van der Waals surface area contributed by atoms with Crippen LogP contribution in [0.1, 0.15) is 17.7 Å². The first kappa shape index (κ1) is 8.78. The number of aryl methyl sites for hydroxylation is 1. The zero-order valence-electron chi connectivity index (χ0n) is 8.45. The van der Waals surface area contributed by atoms with Crippen LogP contribution < -0.4 is 0 Å². The highest BCUT2D eigenvalue weighted by atomic mass is 16.3. The number of rotatable bonds is 1. The predicted molar refractivity (Wildman–Crippen MR) is 51.4 cm³/mol. The topological polar surface area (TPSA) is 19.6 Å². The van der Waals surface area contributed by atoms with E-state index < -0.39 is 0 Å². The van der Waals surface area contributed by atoms with E-state index in [0.29, 0.717) is 6.17 Å². The molecule has 0 atom stereocenters. The standard InChI is InChI=1S/C10H16N2O/c1-8-4-5-9(13-8)10-11(2)6-7-12(10)3/h4-5,10H,6-7H2,1-3H3. The van der Waals surface area contributed by atoms with Gasteiger partial charge in [-0.2, -0.15) is 0 Å². The Hall–Kier alpha value is -0.800. The molecule has 0 bridgehead atoms. The summed E-state index contributed by atoms with van der Waals surface area (Å²) in [6.45, 7) is 4.21. The van der Waals surface area contributed by atoms with Crippen molar-refractivity contribution < 1.29 is 4.42 Å². The third-order valence-corrected chi connectivity index (χ3v) is 2.66. The van der Waals surface area contributed by atoms with Gasteiger partial charge in [0.2, 0.25) is 0 Å². The van der Waals surface area contributed by atoms with Crippen molar-refractivity contribution in [3.63, 3.8) is 0 Å². The second-order valence-corrected chi connectivity index (χ2v) is 3.78. The van der Waals surface area contributed by atoms with E-state index in [2.05, 4.69) is 30.0 Å². The van der Waals surface area contributed by atoms with Gasteiger partial charge >= 0.3 is 0 Å². The lowest BCUT2D eigenvalue weighted by Crippen LogP contribution is -2.25. The molecule has 13 heavy (non-hydrogen) atoms. The van der Waals surface area contributed by atoms with Crippen LogP contribution in [-0.2, 0) is 0 Å². The van der Waals surface area contributed by atoms with Gasteiger partial charge in [0.25, 0.3) is 0 Å². The molecule has 1 aromatic heterocycles. The summed E-state index contributed by atoms with van der Waals surface area (Å²) in [4.78, 5) is 4.61. The molecule has 0 aliphatic carbocycles. The molecule has 0 amide bonds. The minimum Gasteiger partial charge on any atom is -0.463 e. The van der Waals surface area contributed by atoms with Gasteiger partial charge in [0.05, 0.1) is 0 Å². The van der Waals surface area contributed by atoms with Crippen LogP contribution in [0.4, 0.5) is 0 Å². The van der Waals surface area contributed by atoms with E-state index in [0.717, 1.165) is 24.6 Å². The van der Waals surface area contributed by atoms with Crippen LogP contribution in [0.15, 0.2) is 16.5 Å². The molecule has 1 aromatic rings. The fourth-order valence-electron chi connectivity index (χ4n) is 1.92. The fourth-order valence-corrected chi connectivity index (χ4v) is 1.92. The van der Waals surface area contributed by atoms with Gasteiger partial charge in [-0.3, -0.25) is 9.80 Å². The Bertz CT molecular complexity index is 285. The van der Waals surface area contributed by atoms with Crippen molar-refractivity contribution >= 4 is 0 Å². The van der Waals surface area contributed by atoms with E-state index >= 15 is 0 Å². The van der Waals surface area contributed by atoms with Crippen molar-refractivity contribution in [1.29, 1.82) is 0 Å². The highest BCUT2D eigenvalue weighted by molar-refractivity contribution is 5.10. The van der Waals surface area contributed by atoms with E-state index in [-0.39, 0.29) is 0 Å². The van der Waals surface area contributed by atoms with Crippen LogP contribution in [0, 0.1) is 6.92 Å². The minimum absolute atomic E-state index is 0.327.